The summed E-state index contributed by atoms with van der Waals surface area (Å²) in [5.41, 5.74) is 0. The van der Waals surface area contributed by atoms with Gasteiger partial charge in [-0.2, -0.15) is 0 Å². The van der Waals surface area contributed by atoms with Crippen molar-refractivity contribution in [3.05, 3.63) is 55.7 Å². The number of aromatic hydroxyl groups is 1. The Morgan fingerprint density at radius 3 is 1.88 bits per heavy atom. The molecule has 0 spiro atoms. The maximum absolute atomic E-state index is 9.19. The molecular weight excluding hydrogens is 315 g/mol. The van der Waals surface area contributed by atoms with Crippen molar-refractivity contribution in [2.45, 2.75) is 0 Å². The molecule has 0 amide bonds. The zero-order chi connectivity index (χ0) is 11.4. The van der Waals surface area contributed by atoms with Gasteiger partial charge in [-0.1, -0.05) is 0 Å². The van der Waals surface area contributed by atoms with Crippen LogP contribution in [-0.2, 0) is 0 Å². The van der Waals surface area contributed by atoms with E-state index < -0.39 is 0 Å². The minimum absolute atomic E-state index is 0.169. The Hall–Kier alpha value is -1.23. The normalized spacial score (nSPS) is 10.1. The highest BCUT2D eigenvalue weighted by Crippen LogP contribution is 2.06. The fourth-order valence-corrected chi connectivity index (χ4v) is 3.42. The second kappa shape index (κ2) is 5.21. The number of phenolic OH excluding ortho intramolecular Hbond substituents is 1. The molecule has 0 saturated heterocycles. The van der Waals surface area contributed by atoms with Crippen LogP contribution in [0, 0.1) is 7.14 Å². The van der Waals surface area contributed by atoms with Gasteiger partial charge in [-0.05, 0) is 48.5 Å². The highest BCUT2D eigenvalue weighted by molar-refractivity contribution is 5.21. The maximum atomic E-state index is 9.19. The van der Waals surface area contributed by atoms with Crippen LogP contribution < -0.4 is 25.9 Å². The van der Waals surface area contributed by atoms with Crippen LogP contribution in [0.3, 0.4) is 0 Å². The van der Waals surface area contributed by atoms with Crippen molar-refractivity contribution in [3.8, 4) is 11.5 Å². The van der Waals surface area contributed by atoms with Crippen LogP contribution >= 0.6 is 0 Å². The Morgan fingerprint density at radius 2 is 1.38 bits per heavy atom. The van der Waals surface area contributed by atoms with Crippen molar-refractivity contribution in [1.29, 1.82) is 0 Å². The lowest BCUT2D eigenvalue weighted by Crippen LogP contribution is -3.61. The quantitative estimate of drug-likeness (QED) is 0.773. The molecule has 0 heterocycles. The number of benzene rings is 2. The van der Waals surface area contributed by atoms with Gasteiger partial charge in [-0.15, -0.1) is 0 Å². The van der Waals surface area contributed by atoms with Crippen molar-refractivity contribution < 1.29 is 31.0 Å². The first kappa shape index (κ1) is 11.3. The number of rotatable bonds is 3. The van der Waals surface area contributed by atoms with Gasteiger partial charge >= 0.3 is 21.2 Å². The van der Waals surface area contributed by atoms with Crippen molar-refractivity contribution in [3.63, 3.8) is 0 Å². The van der Waals surface area contributed by atoms with Gasteiger partial charge < -0.3 is 9.84 Å². The number of ether oxygens (including phenoxy) is 1. The number of phenols is 1. The monoisotopic (exact) mass is 327 g/mol. The van der Waals surface area contributed by atoms with Crippen molar-refractivity contribution in [2.75, 3.05) is 7.11 Å². The van der Waals surface area contributed by atoms with Crippen molar-refractivity contribution >= 4 is 0 Å². The van der Waals surface area contributed by atoms with Crippen LogP contribution in [0.25, 0.3) is 0 Å². The molecule has 82 valence electrons. The molecule has 0 aliphatic carbocycles. The van der Waals surface area contributed by atoms with Crippen LogP contribution in [0.5, 0.6) is 11.5 Å². The Labute approximate surface area is 105 Å². The third-order valence-electron chi connectivity index (χ3n) is 2.09. The molecule has 0 fully saturated rings. The minimum atomic E-state index is -0.169. The third-order valence-corrected chi connectivity index (χ3v) is 4.78. The number of halogens is 1. The van der Waals surface area contributed by atoms with E-state index in [9.17, 15) is 5.11 Å². The van der Waals surface area contributed by atoms with Crippen LogP contribution in [-0.4, -0.2) is 12.2 Å². The highest BCUT2D eigenvalue weighted by atomic mass is 127. The van der Waals surface area contributed by atoms with Gasteiger partial charge in [0.15, 0.2) is 7.14 Å². The second-order valence-corrected chi connectivity index (χ2v) is 6.26. The van der Waals surface area contributed by atoms with E-state index >= 15 is 0 Å². The molecule has 0 aromatic heterocycles. The first-order chi connectivity index (χ1) is 7.78. The van der Waals surface area contributed by atoms with Crippen LogP contribution in [0.15, 0.2) is 48.5 Å². The van der Waals surface area contributed by atoms with Crippen molar-refractivity contribution in [1.82, 2.24) is 0 Å². The van der Waals surface area contributed by atoms with E-state index in [0.29, 0.717) is 5.75 Å². The van der Waals surface area contributed by atoms with Gasteiger partial charge in [0.25, 0.3) is 0 Å². The van der Waals surface area contributed by atoms with Crippen molar-refractivity contribution in [2.24, 2.45) is 0 Å². The molecule has 3 heteroatoms. The molecule has 2 aromatic rings. The molecule has 16 heavy (non-hydrogen) atoms. The van der Waals surface area contributed by atoms with Gasteiger partial charge in [-0.3, -0.25) is 0 Å². The maximum Gasteiger partial charge on any atom is 0.357 e. The van der Waals surface area contributed by atoms with Gasteiger partial charge in [0, 0.05) is 0 Å². The molecule has 0 saturated carbocycles. The van der Waals surface area contributed by atoms with Gasteiger partial charge in [0.2, 0.25) is 0 Å². The summed E-state index contributed by atoms with van der Waals surface area (Å²) in [5.74, 6) is 1.21. The minimum Gasteiger partial charge on any atom is -0.508 e. The van der Waals surface area contributed by atoms with E-state index in [4.69, 9.17) is 4.74 Å². The summed E-state index contributed by atoms with van der Waals surface area (Å²) in [7, 11) is 1.67. The summed E-state index contributed by atoms with van der Waals surface area (Å²) in [4.78, 5) is 0. The average molecular weight is 327 g/mol. The van der Waals surface area contributed by atoms with E-state index in [2.05, 4.69) is 12.1 Å². The Bertz CT molecular complexity index is 448. The lowest BCUT2D eigenvalue weighted by Gasteiger charge is -1.95. The summed E-state index contributed by atoms with van der Waals surface area (Å²) in [6.45, 7) is 0. The van der Waals surface area contributed by atoms with E-state index in [1.165, 1.54) is 7.14 Å². The lowest BCUT2D eigenvalue weighted by molar-refractivity contribution is -0.597. The summed E-state index contributed by atoms with van der Waals surface area (Å²) in [6.07, 6.45) is 0. The highest BCUT2D eigenvalue weighted by Gasteiger charge is 2.14. The van der Waals surface area contributed by atoms with E-state index in [0.717, 1.165) is 5.75 Å². The molecule has 0 atom stereocenters. The predicted molar refractivity (Wildman–Crippen MR) is 58.5 cm³/mol. The predicted octanol–water partition coefficient (Wildman–Crippen LogP) is -0.471. The largest absolute Gasteiger partial charge is 0.508 e. The fraction of sp³-hybridized carbons (Fsp3) is 0.0769. The van der Waals surface area contributed by atoms with E-state index in [-0.39, 0.29) is 21.2 Å². The molecule has 0 unspecified atom stereocenters. The first-order valence-corrected chi connectivity index (χ1v) is 7.01. The molecule has 0 bridgehead atoms. The van der Waals surface area contributed by atoms with Crippen LogP contribution in [0.4, 0.5) is 0 Å². The zero-order valence-electron chi connectivity index (χ0n) is 8.85. The smallest absolute Gasteiger partial charge is 0.357 e. The lowest BCUT2D eigenvalue weighted by atomic mass is 10.3. The Morgan fingerprint density at radius 1 is 0.875 bits per heavy atom. The van der Waals surface area contributed by atoms with E-state index in [1.807, 2.05) is 24.3 Å². The second-order valence-electron chi connectivity index (χ2n) is 3.23. The Kier molecular flexibility index (Phi) is 3.66. The van der Waals surface area contributed by atoms with Crippen LogP contribution in [0.2, 0.25) is 0 Å². The number of hydrogen-bond donors (Lipinski definition) is 1. The summed E-state index contributed by atoms with van der Waals surface area (Å²) < 4.78 is 7.75. The molecule has 2 rings (SSSR count). The zero-order valence-corrected chi connectivity index (χ0v) is 11.0. The molecule has 2 aromatic carbocycles. The number of methoxy groups -OCH3 is 1. The molecule has 1 N–H and O–H groups in total. The first-order valence-electron chi connectivity index (χ1n) is 4.86. The third kappa shape index (κ3) is 2.88. The SMILES string of the molecule is COc1ccc([I+]c2ccc(O)cc2)cc1. The molecule has 0 aliphatic heterocycles. The molecule has 0 radical (unpaired) electrons. The fourth-order valence-electron chi connectivity index (χ4n) is 1.26. The average Bonchev–Trinajstić information content (AvgIpc) is 2.33. The summed E-state index contributed by atoms with van der Waals surface area (Å²) in [6, 6.07) is 15.6. The standard InChI is InChI=1S/C13H11IO2/c1-16-13-8-4-11(5-9-13)14-10-2-6-12(15)7-3-10/h2-9H,1H3/p+1. The summed E-state index contributed by atoms with van der Waals surface area (Å²) in [5, 5.41) is 9.19. The molecule has 0 aliphatic rings. The van der Waals surface area contributed by atoms with Gasteiger partial charge in [0.05, 0.1) is 7.11 Å². The molecule has 2 nitrogen and oxygen atoms in total. The van der Waals surface area contributed by atoms with Gasteiger partial charge in [0.1, 0.15) is 11.5 Å². The Balaban J connectivity index is 2.11. The van der Waals surface area contributed by atoms with Gasteiger partial charge in [-0.25, -0.2) is 0 Å². The molecular formula is C13H12IO2+. The van der Waals surface area contributed by atoms with Crippen LogP contribution in [0.1, 0.15) is 0 Å². The van der Waals surface area contributed by atoms with E-state index in [1.54, 1.807) is 19.2 Å². The summed E-state index contributed by atoms with van der Waals surface area (Å²) >= 11 is -0.169. The topological polar surface area (TPSA) is 29.5 Å². The number of hydrogen-bond acceptors (Lipinski definition) is 2.